The molecule has 0 aliphatic rings. The lowest BCUT2D eigenvalue weighted by Gasteiger charge is -2.04. The van der Waals surface area contributed by atoms with E-state index in [1.807, 2.05) is 12.1 Å². The minimum Gasteiger partial charge on any atom is -0.317 e. The van der Waals surface area contributed by atoms with Gasteiger partial charge in [0.05, 0.1) is 0 Å². The van der Waals surface area contributed by atoms with Gasteiger partial charge in [-0.1, -0.05) is 36.8 Å². The summed E-state index contributed by atoms with van der Waals surface area (Å²) in [6, 6.07) is 8.19. The predicted molar refractivity (Wildman–Crippen MR) is 72.3 cm³/mol. The lowest BCUT2D eigenvalue weighted by Crippen LogP contribution is -2.17. The monoisotopic (exact) mass is 233 g/mol. The maximum Gasteiger partial charge on any atom is 0.137 e. The van der Waals surface area contributed by atoms with E-state index in [0.717, 1.165) is 31.5 Å². The first kappa shape index (κ1) is 13.9. The van der Waals surface area contributed by atoms with Crippen LogP contribution in [0.5, 0.6) is 0 Å². The number of hydrogen-bond donors (Lipinski definition) is 1. The van der Waals surface area contributed by atoms with Gasteiger partial charge in [-0.2, -0.15) is 0 Å². The Morgan fingerprint density at radius 1 is 1.29 bits per heavy atom. The predicted octanol–water partition coefficient (Wildman–Crippen LogP) is 2.89. The molecule has 0 heterocycles. The van der Waals surface area contributed by atoms with Crippen LogP contribution in [-0.4, -0.2) is 18.9 Å². The first-order valence-electron chi connectivity index (χ1n) is 6.50. The molecule has 0 fully saturated rings. The maximum atomic E-state index is 11.7. The Hall–Kier alpha value is -1.15. The molecule has 0 aliphatic carbocycles. The second-order valence-electron chi connectivity index (χ2n) is 4.56. The minimum atomic E-state index is 0.342. The number of aryl methyl sites for hydroxylation is 1. The summed E-state index contributed by atoms with van der Waals surface area (Å²) >= 11 is 0. The Bertz CT molecular complexity index is 347. The van der Waals surface area contributed by atoms with E-state index in [-0.39, 0.29) is 0 Å². The van der Waals surface area contributed by atoms with Gasteiger partial charge in [0.25, 0.3) is 0 Å². The van der Waals surface area contributed by atoms with Crippen LogP contribution < -0.4 is 5.32 Å². The van der Waals surface area contributed by atoms with Crippen LogP contribution in [0.25, 0.3) is 0 Å². The molecule has 0 aliphatic heterocycles. The number of hydrogen-bond acceptors (Lipinski definition) is 2. The summed E-state index contributed by atoms with van der Waals surface area (Å²) in [5, 5.41) is 3.31. The van der Waals surface area contributed by atoms with Crippen molar-refractivity contribution in [2.75, 3.05) is 13.1 Å². The Morgan fingerprint density at radius 2 is 2.12 bits per heavy atom. The van der Waals surface area contributed by atoms with Gasteiger partial charge >= 0.3 is 0 Å². The topological polar surface area (TPSA) is 29.1 Å². The molecule has 1 N–H and O–H groups in total. The van der Waals surface area contributed by atoms with Gasteiger partial charge in [-0.3, -0.25) is 4.79 Å². The van der Waals surface area contributed by atoms with Crippen molar-refractivity contribution < 1.29 is 4.79 Å². The van der Waals surface area contributed by atoms with E-state index in [9.17, 15) is 4.79 Å². The number of rotatable bonds is 8. The van der Waals surface area contributed by atoms with Gasteiger partial charge in [0.2, 0.25) is 0 Å². The number of ketones is 1. The van der Waals surface area contributed by atoms with Gasteiger partial charge in [0, 0.05) is 12.8 Å². The highest BCUT2D eigenvalue weighted by atomic mass is 16.1. The molecule has 0 saturated carbocycles. The van der Waals surface area contributed by atoms with Crippen molar-refractivity contribution >= 4 is 5.78 Å². The second-order valence-corrected chi connectivity index (χ2v) is 4.56. The molecule has 94 valence electrons. The SMILES string of the molecule is CCCNCCCC(=O)Cc1cccc(C)c1. The van der Waals surface area contributed by atoms with Crippen molar-refractivity contribution in [3.8, 4) is 0 Å². The van der Waals surface area contributed by atoms with E-state index in [1.165, 1.54) is 5.56 Å². The molecule has 1 aromatic rings. The van der Waals surface area contributed by atoms with Crippen molar-refractivity contribution in [3.63, 3.8) is 0 Å². The standard InChI is InChI=1S/C15H23NO/c1-3-9-16-10-5-8-15(17)12-14-7-4-6-13(2)11-14/h4,6-7,11,16H,3,5,8-10,12H2,1-2H3. The van der Waals surface area contributed by atoms with E-state index < -0.39 is 0 Å². The summed E-state index contributed by atoms with van der Waals surface area (Å²) in [4.78, 5) is 11.7. The van der Waals surface area contributed by atoms with E-state index in [0.29, 0.717) is 18.6 Å². The summed E-state index contributed by atoms with van der Waals surface area (Å²) < 4.78 is 0. The molecule has 1 aromatic carbocycles. The summed E-state index contributed by atoms with van der Waals surface area (Å²) in [7, 11) is 0. The molecular weight excluding hydrogens is 210 g/mol. The van der Waals surface area contributed by atoms with E-state index in [4.69, 9.17) is 0 Å². The van der Waals surface area contributed by atoms with Crippen molar-refractivity contribution in [3.05, 3.63) is 35.4 Å². The van der Waals surface area contributed by atoms with Gasteiger partial charge in [-0.25, -0.2) is 0 Å². The van der Waals surface area contributed by atoms with Crippen LogP contribution in [0.1, 0.15) is 37.3 Å². The fourth-order valence-corrected chi connectivity index (χ4v) is 1.85. The van der Waals surface area contributed by atoms with Crippen molar-refractivity contribution in [1.29, 1.82) is 0 Å². The van der Waals surface area contributed by atoms with Gasteiger partial charge < -0.3 is 5.32 Å². The normalized spacial score (nSPS) is 10.5. The molecule has 1 rings (SSSR count). The first-order valence-corrected chi connectivity index (χ1v) is 6.50. The molecule has 2 nitrogen and oxygen atoms in total. The number of carbonyl (C=O) groups excluding carboxylic acids is 1. The maximum absolute atomic E-state index is 11.7. The van der Waals surface area contributed by atoms with E-state index in [1.54, 1.807) is 0 Å². The Balaban J connectivity index is 2.21. The smallest absolute Gasteiger partial charge is 0.137 e. The van der Waals surface area contributed by atoms with Crippen LogP contribution in [0.4, 0.5) is 0 Å². The first-order chi connectivity index (χ1) is 8.22. The van der Waals surface area contributed by atoms with Crippen molar-refractivity contribution in [2.24, 2.45) is 0 Å². The van der Waals surface area contributed by atoms with Crippen LogP contribution in [-0.2, 0) is 11.2 Å². The molecular formula is C15H23NO. The zero-order valence-electron chi connectivity index (χ0n) is 11.0. The average molecular weight is 233 g/mol. The van der Waals surface area contributed by atoms with Crippen LogP contribution >= 0.6 is 0 Å². The molecule has 0 amide bonds. The number of nitrogens with one attached hydrogen (secondary N) is 1. The van der Waals surface area contributed by atoms with Crippen molar-refractivity contribution in [1.82, 2.24) is 5.32 Å². The summed E-state index contributed by atoms with van der Waals surface area (Å²) in [6.45, 7) is 6.21. The lowest BCUT2D eigenvalue weighted by atomic mass is 10.0. The summed E-state index contributed by atoms with van der Waals surface area (Å²) in [5.41, 5.74) is 2.36. The third-order valence-corrected chi connectivity index (χ3v) is 2.72. The summed E-state index contributed by atoms with van der Waals surface area (Å²) in [5.74, 6) is 0.342. The highest BCUT2D eigenvalue weighted by Crippen LogP contribution is 2.06. The lowest BCUT2D eigenvalue weighted by molar-refractivity contribution is -0.118. The molecule has 17 heavy (non-hydrogen) atoms. The van der Waals surface area contributed by atoms with Gasteiger partial charge in [0.1, 0.15) is 5.78 Å². The number of carbonyl (C=O) groups is 1. The third-order valence-electron chi connectivity index (χ3n) is 2.72. The zero-order valence-corrected chi connectivity index (χ0v) is 11.0. The average Bonchev–Trinajstić information content (AvgIpc) is 2.29. The Morgan fingerprint density at radius 3 is 2.82 bits per heavy atom. The molecule has 0 unspecified atom stereocenters. The molecule has 2 heteroatoms. The highest BCUT2D eigenvalue weighted by molar-refractivity contribution is 5.80. The van der Waals surface area contributed by atoms with E-state index in [2.05, 4.69) is 31.3 Å². The zero-order chi connectivity index (χ0) is 12.5. The fraction of sp³-hybridized carbons (Fsp3) is 0.533. The van der Waals surface area contributed by atoms with Gasteiger partial charge in [0.15, 0.2) is 0 Å². The van der Waals surface area contributed by atoms with Crippen LogP contribution in [0.3, 0.4) is 0 Å². The fourth-order valence-electron chi connectivity index (χ4n) is 1.85. The molecule has 0 aromatic heterocycles. The summed E-state index contributed by atoms with van der Waals surface area (Å²) in [6.07, 6.45) is 3.36. The molecule has 0 radical (unpaired) electrons. The van der Waals surface area contributed by atoms with Gasteiger partial charge in [-0.05, 0) is 38.4 Å². The molecule has 0 bridgehead atoms. The van der Waals surface area contributed by atoms with Crippen LogP contribution in [0.15, 0.2) is 24.3 Å². The van der Waals surface area contributed by atoms with Crippen LogP contribution in [0, 0.1) is 6.92 Å². The molecule has 0 saturated heterocycles. The minimum absolute atomic E-state index is 0.342. The largest absolute Gasteiger partial charge is 0.317 e. The Labute approximate surface area is 104 Å². The number of Topliss-reactive ketones (excluding diaryl/α,β-unsaturated/α-hetero) is 1. The van der Waals surface area contributed by atoms with Gasteiger partial charge in [-0.15, -0.1) is 0 Å². The second kappa shape index (κ2) is 8.02. The molecule has 0 atom stereocenters. The van der Waals surface area contributed by atoms with E-state index >= 15 is 0 Å². The number of benzene rings is 1. The highest BCUT2D eigenvalue weighted by Gasteiger charge is 2.03. The van der Waals surface area contributed by atoms with Crippen LogP contribution in [0.2, 0.25) is 0 Å². The third kappa shape index (κ3) is 6.22. The Kier molecular flexibility index (Phi) is 6.56. The quantitative estimate of drug-likeness (QED) is 0.700. The van der Waals surface area contributed by atoms with Crippen molar-refractivity contribution in [2.45, 2.75) is 39.5 Å². The molecule has 0 spiro atoms.